The maximum atomic E-state index is 12.7. The normalized spacial score (nSPS) is 12.1. The Morgan fingerprint density at radius 3 is 1.42 bits per heavy atom. The zero-order chi connectivity index (χ0) is 16.6. The third-order valence-electron chi connectivity index (χ3n) is 4.29. The van der Waals surface area contributed by atoms with Gasteiger partial charge in [-0.1, -0.05) is 44.0 Å². The zero-order valence-corrected chi connectivity index (χ0v) is 15.1. The predicted octanol–water partition coefficient (Wildman–Crippen LogP) is 4.21. The quantitative estimate of drug-likeness (QED) is 0.361. The summed E-state index contributed by atoms with van der Waals surface area (Å²) >= 11 is 6.75. The van der Waals surface area contributed by atoms with Crippen LogP contribution in [0.25, 0.3) is 43.6 Å². The number of rotatable bonds is 0. The van der Waals surface area contributed by atoms with E-state index in [2.05, 4.69) is 41.8 Å². The number of hydrogen-bond acceptors (Lipinski definition) is 4. The van der Waals surface area contributed by atoms with E-state index in [-0.39, 0.29) is 10.9 Å². The van der Waals surface area contributed by atoms with Gasteiger partial charge >= 0.3 is 0 Å². The molecule has 1 heterocycles. The van der Waals surface area contributed by atoms with Gasteiger partial charge in [0.2, 0.25) is 10.9 Å². The van der Waals surface area contributed by atoms with E-state index in [4.69, 9.17) is 0 Å². The van der Waals surface area contributed by atoms with Gasteiger partial charge in [0.1, 0.15) is 22.1 Å². The second-order valence-corrected chi connectivity index (χ2v) is 7.49. The van der Waals surface area contributed by atoms with Gasteiger partial charge in [-0.3, -0.25) is 9.59 Å². The number of hydrogen-bond donors (Lipinski definition) is 0. The molecule has 24 heavy (non-hydrogen) atoms. The minimum absolute atomic E-state index is 0.158. The Morgan fingerprint density at radius 2 is 1.00 bits per heavy atom. The molecule has 0 saturated carbocycles. The van der Waals surface area contributed by atoms with Crippen molar-refractivity contribution in [3.63, 3.8) is 0 Å². The van der Waals surface area contributed by atoms with Crippen molar-refractivity contribution >= 4 is 75.5 Å². The lowest BCUT2D eigenvalue weighted by Gasteiger charge is -1.94. The van der Waals surface area contributed by atoms with E-state index in [9.17, 15) is 9.59 Å². The van der Waals surface area contributed by atoms with Crippen molar-refractivity contribution in [2.45, 2.75) is 0 Å². The fourth-order valence-corrected chi connectivity index (χ4v) is 3.93. The molecular weight excluding hydrogens is 436 g/mol. The van der Waals surface area contributed by atoms with Crippen LogP contribution in [0.3, 0.4) is 0 Å². The summed E-state index contributed by atoms with van der Waals surface area (Å²) in [7, 11) is 0. The number of halogens is 2. The topological polar surface area (TPSA) is 59.9 Å². The average Bonchev–Trinajstić information content (AvgIpc) is 2.99. The lowest BCUT2D eigenvalue weighted by Crippen LogP contribution is -2.00. The number of fused-ring (bicyclic) bond motifs is 6. The number of aromatic nitrogens is 2. The minimum Gasteiger partial charge on any atom is -0.287 e. The Hall–Kier alpha value is -2.18. The predicted molar refractivity (Wildman–Crippen MR) is 102 cm³/mol. The first-order valence-corrected chi connectivity index (χ1v) is 8.74. The largest absolute Gasteiger partial charge is 0.287 e. The van der Waals surface area contributed by atoms with Gasteiger partial charge < -0.3 is 0 Å². The van der Waals surface area contributed by atoms with Crippen LogP contribution in [0.5, 0.6) is 0 Å². The van der Waals surface area contributed by atoms with Gasteiger partial charge in [-0.25, -0.2) is 9.97 Å². The molecule has 0 aliphatic rings. The van der Waals surface area contributed by atoms with Gasteiger partial charge in [0, 0.05) is 30.5 Å². The van der Waals surface area contributed by atoms with Crippen molar-refractivity contribution in [2.24, 2.45) is 0 Å². The van der Waals surface area contributed by atoms with Crippen molar-refractivity contribution in [1.29, 1.82) is 0 Å². The van der Waals surface area contributed by atoms with Crippen LogP contribution in [0.4, 0.5) is 0 Å². The molecule has 0 unspecified atom stereocenters. The Labute approximate surface area is 151 Å². The van der Waals surface area contributed by atoms with Crippen LogP contribution in [0.15, 0.2) is 54.9 Å². The maximum absolute atomic E-state index is 12.7. The molecule has 114 valence electrons. The molecule has 0 spiro atoms. The molecule has 0 N–H and O–H groups in total. The molecule has 0 radical (unpaired) electrons. The summed E-state index contributed by atoms with van der Waals surface area (Å²) in [5.41, 5.74) is 1.28. The van der Waals surface area contributed by atoms with Crippen LogP contribution >= 0.6 is 31.9 Å². The molecule has 1 aromatic heterocycles. The highest BCUT2D eigenvalue weighted by Crippen LogP contribution is 2.29. The molecule has 0 aliphatic heterocycles. The summed E-state index contributed by atoms with van der Waals surface area (Å²) in [6, 6.07) is 10.9. The van der Waals surface area contributed by atoms with Crippen molar-refractivity contribution in [3.8, 4) is 0 Å². The van der Waals surface area contributed by atoms with Crippen LogP contribution in [-0.2, 0) is 0 Å². The molecule has 0 fully saturated rings. The van der Waals surface area contributed by atoms with Crippen LogP contribution in [-0.4, -0.2) is 9.97 Å². The third-order valence-corrected chi connectivity index (χ3v) is 5.28. The summed E-state index contributed by atoms with van der Waals surface area (Å²) in [4.78, 5) is 34.4. The van der Waals surface area contributed by atoms with E-state index < -0.39 is 0 Å². The first-order valence-electron chi connectivity index (χ1n) is 7.16. The van der Waals surface area contributed by atoms with Gasteiger partial charge in [0.15, 0.2) is 0 Å². The molecule has 0 aliphatic carbocycles. The summed E-state index contributed by atoms with van der Waals surface area (Å²) in [5.74, 6) is 0. The smallest absolute Gasteiger partial charge is 0.214 e. The van der Waals surface area contributed by atoms with Crippen LogP contribution in [0, 0.1) is 0 Å². The number of nitrogens with zero attached hydrogens (tertiary/aromatic N) is 2. The highest BCUT2D eigenvalue weighted by Gasteiger charge is 2.19. The van der Waals surface area contributed by atoms with E-state index in [1.54, 1.807) is 12.1 Å². The fraction of sp³-hybridized carbons (Fsp3) is 0. The van der Waals surface area contributed by atoms with Crippen LogP contribution in [0.2, 0.25) is 0 Å². The second-order valence-electron chi connectivity index (χ2n) is 5.66. The Bertz CT molecular complexity index is 1310. The Morgan fingerprint density at radius 1 is 0.583 bits per heavy atom. The molecule has 5 rings (SSSR count). The molecule has 0 saturated heterocycles. The van der Waals surface area contributed by atoms with Crippen LogP contribution < -0.4 is 10.9 Å². The maximum Gasteiger partial charge on any atom is 0.214 e. The first kappa shape index (κ1) is 14.2. The molecule has 5 aromatic rings. The van der Waals surface area contributed by atoms with Crippen molar-refractivity contribution in [3.05, 3.63) is 65.8 Å². The molecule has 4 aromatic carbocycles. The summed E-state index contributed by atoms with van der Waals surface area (Å²) in [5, 5.41) is 2.56. The van der Waals surface area contributed by atoms with E-state index in [1.807, 2.05) is 24.3 Å². The monoisotopic (exact) mass is 440 g/mol. The molecule has 0 bridgehead atoms. The summed E-state index contributed by atoms with van der Waals surface area (Å²) < 4.78 is 1.64. The highest BCUT2D eigenvalue weighted by molar-refractivity contribution is 9.10. The summed E-state index contributed by atoms with van der Waals surface area (Å²) in [6.45, 7) is 0. The average molecular weight is 442 g/mol. The summed E-state index contributed by atoms with van der Waals surface area (Å²) in [6.07, 6.45) is 0. The Balaban J connectivity index is 2.08. The van der Waals surface area contributed by atoms with E-state index in [1.165, 1.54) is 0 Å². The highest BCUT2D eigenvalue weighted by atomic mass is 79.9. The lowest BCUT2D eigenvalue weighted by molar-refractivity contribution is 1.43. The van der Waals surface area contributed by atoms with Gasteiger partial charge in [-0.15, -0.1) is 0 Å². The molecule has 0 amide bonds. The van der Waals surface area contributed by atoms with Gasteiger partial charge in [0.25, 0.3) is 0 Å². The first-order chi connectivity index (χ1) is 11.5. The molecule has 6 heteroatoms. The standard InChI is InChI=1S/C18H6Br2N2O2/c19-7-1-3-9-11(5-7)17(23)15-13(9)21-16-14(22-15)10-4-2-8(20)6-12(10)18(16)24/h1-6H. The zero-order valence-electron chi connectivity index (χ0n) is 11.9. The van der Waals surface area contributed by atoms with Gasteiger partial charge in [-0.2, -0.15) is 0 Å². The van der Waals surface area contributed by atoms with Crippen molar-refractivity contribution < 1.29 is 0 Å². The molecular formula is C18H6Br2N2O2. The van der Waals surface area contributed by atoms with Gasteiger partial charge in [0.05, 0.1) is 0 Å². The SMILES string of the molecule is O=c1c2cc(Br)ccc2c2nc3c(=O)c4cc(Br)ccc4c3nc12. The van der Waals surface area contributed by atoms with Gasteiger partial charge in [-0.05, 0) is 24.3 Å². The van der Waals surface area contributed by atoms with Crippen molar-refractivity contribution in [1.82, 2.24) is 9.97 Å². The molecule has 0 atom stereocenters. The minimum atomic E-state index is -0.158. The molecule has 4 nitrogen and oxygen atoms in total. The lowest BCUT2D eigenvalue weighted by atomic mass is 10.2. The van der Waals surface area contributed by atoms with E-state index in [0.717, 1.165) is 19.7 Å². The van der Waals surface area contributed by atoms with E-state index >= 15 is 0 Å². The fourth-order valence-electron chi connectivity index (χ4n) is 3.20. The Kier molecular flexibility index (Phi) is 2.76. The van der Waals surface area contributed by atoms with E-state index in [0.29, 0.717) is 32.8 Å². The second kappa shape index (κ2) is 4.68. The number of benzene rings is 2. The third kappa shape index (κ3) is 1.72. The van der Waals surface area contributed by atoms with Crippen molar-refractivity contribution in [2.75, 3.05) is 0 Å². The van der Waals surface area contributed by atoms with Crippen LogP contribution in [0.1, 0.15) is 0 Å².